The van der Waals surface area contributed by atoms with Gasteiger partial charge >= 0.3 is 12.0 Å². The van der Waals surface area contributed by atoms with E-state index in [2.05, 4.69) is 13.0 Å². The summed E-state index contributed by atoms with van der Waals surface area (Å²) in [4.78, 5) is 26.8. The molecule has 2 amide bonds. The van der Waals surface area contributed by atoms with E-state index in [0.717, 1.165) is 13.0 Å². The lowest BCUT2D eigenvalue weighted by Gasteiger charge is -2.30. The van der Waals surface area contributed by atoms with Gasteiger partial charge < -0.3 is 14.9 Å². The van der Waals surface area contributed by atoms with Crippen LogP contribution in [0.1, 0.15) is 20.3 Å². The Morgan fingerprint density at radius 1 is 1.33 bits per heavy atom. The third-order valence-electron chi connectivity index (χ3n) is 3.91. The third-order valence-corrected chi connectivity index (χ3v) is 3.91. The highest BCUT2D eigenvalue weighted by molar-refractivity contribution is 5.78. The van der Waals surface area contributed by atoms with Crippen LogP contribution in [0.4, 0.5) is 4.79 Å². The predicted octanol–water partition coefficient (Wildman–Crippen LogP) is 1.41. The standard InChI is InChI=1S/C13H20N2O3/c1-9-3-5-14(6-4-9)13(18)15-7-10(2)11(8-15)12(16)17/h3,10-11H,4-8H2,1-2H3,(H,16,17). The Morgan fingerprint density at radius 2 is 2.06 bits per heavy atom. The summed E-state index contributed by atoms with van der Waals surface area (Å²) in [6.45, 7) is 6.24. The molecule has 1 saturated heterocycles. The Kier molecular flexibility index (Phi) is 3.59. The Labute approximate surface area is 107 Å². The van der Waals surface area contributed by atoms with Crippen LogP contribution in [0.5, 0.6) is 0 Å². The van der Waals surface area contributed by atoms with Gasteiger partial charge in [0.2, 0.25) is 0 Å². The second kappa shape index (κ2) is 5.00. The molecule has 2 heterocycles. The first kappa shape index (κ1) is 12.9. The molecule has 5 nitrogen and oxygen atoms in total. The number of carbonyl (C=O) groups excluding carboxylic acids is 1. The second-order valence-corrected chi connectivity index (χ2v) is 5.36. The van der Waals surface area contributed by atoms with Crippen LogP contribution in [0.2, 0.25) is 0 Å². The summed E-state index contributed by atoms with van der Waals surface area (Å²) in [7, 11) is 0. The van der Waals surface area contributed by atoms with Crippen LogP contribution >= 0.6 is 0 Å². The smallest absolute Gasteiger partial charge is 0.320 e. The van der Waals surface area contributed by atoms with Gasteiger partial charge in [0.1, 0.15) is 0 Å². The number of hydrogen-bond donors (Lipinski definition) is 1. The van der Waals surface area contributed by atoms with Crippen molar-refractivity contribution in [2.24, 2.45) is 11.8 Å². The van der Waals surface area contributed by atoms with Gasteiger partial charge in [-0.1, -0.05) is 18.6 Å². The van der Waals surface area contributed by atoms with Gasteiger partial charge in [0.15, 0.2) is 0 Å². The lowest BCUT2D eigenvalue weighted by Crippen LogP contribution is -2.44. The molecule has 0 aliphatic carbocycles. The number of aliphatic carboxylic acids is 1. The molecule has 2 atom stereocenters. The van der Waals surface area contributed by atoms with E-state index < -0.39 is 11.9 Å². The molecular weight excluding hydrogens is 232 g/mol. The monoisotopic (exact) mass is 252 g/mol. The van der Waals surface area contributed by atoms with Crippen molar-refractivity contribution in [3.05, 3.63) is 11.6 Å². The molecule has 0 bridgehead atoms. The van der Waals surface area contributed by atoms with Gasteiger partial charge in [-0.2, -0.15) is 0 Å². The van der Waals surface area contributed by atoms with E-state index in [1.807, 2.05) is 6.92 Å². The van der Waals surface area contributed by atoms with Gasteiger partial charge in [-0.15, -0.1) is 0 Å². The normalized spacial score (nSPS) is 28.2. The number of urea groups is 1. The quantitative estimate of drug-likeness (QED) is 0.718. The van der Waals surface area contributed by atoms with Crippen molar-refractivity contribution in [1.82, 2.24) is 9.80 Å². The van der Waals surface area contributed by atoms with Gasteiger partial charge in [-0.05, 0) is 19.3 Å². The van der Waals surface area contributed by atoms with Crippen LogP contribution in [0.3, 0.4) is 0 Å². The summed E-state index contributed by atoms with van der Waals surface area (Å²) in [5.74, 6) is -1.18. The molecule has 2 aliphatic rings. The minimum absolute atomic E-state index is 0.0191. The first-order valence-electron chi connectivity index (χ1n) is 6.41. The average Bonchev–Trinajstić information content (AvgIpc) is 2.71. The topological polar surface area (TPSA) is 60.9 Å². The molecule has 0 radical (unpaired) electrons. The van der Waals surface area contributed by atoms with Gasteiger partial charge in [0.05, 0.1) is 5.92 Å². The highest BCUT2D eigenvalue weighted by atomic mass is 16.4. The zero-order valence-corrected chi connectivity index (χ0v) is 10.9. The van der Waals surface area contributed by atoms with E-state index in [9.17, 15) is 9.59 Å². The van der Waals surface area contributed by atoms with E-state index in [0.29, 0.717) is 19.6 Å². The summed E-state index contributed by atoms with van der Waals surface area (Å²) in [6, 6.07) is -0.0191. The van der Waals surface area contributed by atoms with E-state index in [1.165, 1.54) is 5.57 Å². The summed E-state index contributed by atoms with van der Waals surface area (Å²) in [5, 5.41) is 9.07. The SMILES string of the molecule is CC1=CCN(C(=O)N2CC(C)C(C(=O)O)C2)CC1. The number of amides is 2. The van der Waals surface area contributed by atoms with Crippen molar-refractivity contribution in [3.63, 3.8) is 0 Å². The van der Waals surface area contributed by atoms with Crippen LogP contribution in [-0.4, -0.2) is 53.1 Å². The molecule has 0 aromatic heterocycles. The summed E-state index contributed by atoms with van der Waals surface area (Å²) < 4.78 is 0. The number of carboxylic acid groups (broad SMARTS) is 1. The maximum atomic E-state index is 12.3. The van der Waals surface area contributed by atoms with Crippen LogP contribution in [0, 0.1) is 11.8 Å². The maximum Gasteiger partial charge on any atom is 0.320 e. The van der Waals surface area contributed by atoms with Crippen molar-refractivity contribution in [3.8, 4) is 0 Å². The second-order valence-electron chi connectivity index (χ2n) is 5.36. The van der Waals surface area contributed by atoms with Crippen molar-refractivity contribution < 1.29 is 14.7 Å². The molecule has 1 N–H and O–H groups in total. The molecular formula is C13H20N2O3. The molecule has 2 rings (SSSR count). The first-order chi connectivity index (χ1) is 8.49. The number of carbonyl (C=O) groups is 2. The number of rotatable bonds is 1. The molecule has 2 unspecified atom stereocenters. The highest BCUT2D eigenvalue weighted by Gasteiger charge is 2.38. The van der Waals surface area contributed by atoms with Gasteiger partial charge in [-0.3, -0.25) is 4.79 Å². The molecule has 18 heavy (non-hydrogen) atoms. The molecule has 0 saturated carbocycles. The number of likely N-dealkylation sites (tertiary alicyclic amines) is 1. The summed E-state index contributed by atoms with van der Waals surface area (Å²) in [5.41, 5.74) is 1.32. The fourth-order valence-corrected chi connectivity index (χ4v) is 2.59. The van der Waals surface area contributed by atoms with Crippen LogP contribution < -0.4 is 0 Å². The minimum atomic E-state index is -0.799. The largest absolute Gasteiger partial charge is 0.481 e. The zero-order chi connectivity index (χ0) is 13.3. The number of nitrogens with zero attached hydrogens (tertiary/aromatic N) is 2. The third kappa shape index (κ3) is 2.49. The fourth-order valence-electron chi connectivity index (χ4n) is 2.59. The van der Waals surface area contributed by atoms with Crippen molar-refractivity contribution in [2.45, 2.75) is 20.3 Å². The predicted molar refractivity (Wildman–Crippen MR) is 67.2 cm³/mol. The van der Waals surface area contributed by atoms with Crippen LogP contribution in [0.25, 0.3) is 0 Å². The number of carboxylic acids is 1. The Balaban J connectivity index is 1.97. The molecule has 0 spiro atoms. The Bertz CT molecular complexity index is 392. The van der Waals surface area contributed by atoms with E-state index in [4.69, 9.17) is 5.11 Å². The molecule has 0 aromatic rings. The Hall–Kier alpha value is -1.52. The number of hydrogen-bond acceptors (Lipinski definition) is 2. The molecule has 2 aliphatic heterocycles. The lowest BCUT2D eigenvalue weighted by atomic mass is 9.99. The van der Waals surface area contributed by atoms with Crippen molar-refractivity contribution >= 4 is 12.0 Å². The lowest BCUT2D eigenvalue weighted by molar-refractivity contribution is -0.142. The minimum Gasteiger partial charge on any atom is -0.481 e. The van der Waals surface area contributed by atoms with E-state index in [1.54, 1.807) is 9.80 Å². The van der Waals surface area contributed by atoms with Gasteiger partial charge in [0.25, 0.3) is 0 Å². The summed E-state index contributed by atoms with van der Waals surface area (Å²) in [6.07, 6.45) is 2.98. The highest BCUT2D eigenvalue weighted by Crippen LogP contribution is 2.24. The Morgan fingerprint density at radius 3 is 2.56 bits per heavy atom. The molecule has 1 fully saturated rings. The van der Waals surface area contributed by atoms with E-state index in [-0.39, 0.29) is 11.9 Å². The first-order valence-corrected chi connectivity index (χ1v) is 6.41. The zero-order valence-electron chi connectivity index (χ0n) is 10.9. The molecule has 5 heteroatoms. The molecule has 100 valence electrons. The fraction of sp³-hybridized carbons (Fsp3) is 0.692. The van der Waals surface area contributed by atoms with Crippen molar-refractivity contribution in [1.29, 1.82) is 0 Å². The van der Waals surface area contributed by atoms with Crippen LogP contribution in [-0.2, 0) is 4.79 Å². The molecule has 0 aromatic carbocycles. The van der Waals surface area contributed by atoms with Gasteiger partial charge in [0, 0.05) is 26.2 Å². The van der Waals surface area contributed by atoms with Crippen molar-refractivity contribution in [2.75, 3.05) is 26.2 Å². The van der Waals surface area contributed by atoms with E-state index >= 15 is 0 Å². The van der Waals surface area contributed by atoms with Crippen LogP contribution in [0.15, 0.2) is 11.6 Å². The maximum absolute atomic E-state index is 12.3. The summed E-state index contributed by atoms with van der Waals surface area (Å²) >= 11 is 0. The average molecular weight is 252 g/mol. The van der Waals surface area contributed by atoms with Gasteiger partial charge in [-0.25, -0.2) is 4.79 Å².